The lowest BCUT2D eigenvalue weighted by Gasteiger charge is -2.36. The van der Waals surface area contributed by atoms with E-state index in [-0.39, 0.29) is 11.6 Å². The average Bonchev–Trinajstić information content (AvgIpc) is 2.41. The van der Waals surface area contributed by atoms with Gasteiger partial charge >= 0.3 is 0 Å². The first-order valence-corrected chi connectivity index (χ1v) is 7.30. The van der Waals surface area contributed by atoms with Gasteiger partial charge in [-0.2, -0.15) is 0 Å². The van der Waals surface area contributed by atoms with Crippen LogP contribution in [0.25, 0.3) is 0 Å². The second-order valence-electron chi connectivity index (χ2n) is 5.83. The first-order chi connectivity index (χ1) is 10.0. The highest BCUT2D eigenvalue weighted by Crippen LogP contribution is 2.39. The fourth-order valence-corrected chi connectivity index (χ4v) is 2.44. The van der Waals surface area contributed by atoms with Crippen LogP contribution in [0.1, 0.15) is 31.9 Å². The summed E-state index contributed by atoms with van der Waals surface area (Å²) in [6.07, 6.45) is 0.813. The number of benzene rings is 1. The molecule has 5 heteroatoms. The van der Waals surface area contributed by atoms with Gasteiger partial charge in [0.1, 0.15) is 23.7 Å². The van der Waals surface area contributed by atoms with Crippen molar-refractivity contribution in [3.8, 4) is 11.5 Å². The molecule has 1 unspecified atom stereocenters. The van der Waals surface area contributed by atoms with Gasteiger partial charge in [-0.1, -0.05) is 6.07 Å². The highest BCUT2D eigenvalue weighted by Gasteiger charge is 2.31. The van der Waals surface area contributed by atoms with Gasteiger partial charge in [0, 0.05) is 31.2 Å². The van der Waals surface area contributed by atoms with Crippen molar-refractivity contribution >= 4 is 0 Å². The van der Waals surface area contributed by atoms with Crippen molar-refractivity contribution in [2.45, 2.75) is 31.9 Å². The normalized spacial score (nSPS) is 19.7. The Morgan fingerprint density at radius 3 is 2.76 bits per heavy atom. The largest absolute Gasteiger partial charge is 0.491 e. The topological polar surface area (TPSA) is 62.9 Å². The Morgan fingerprint density at radius 1 is 1.24 bits per heavy atom. The molecule has 0 saturated carbocycles. The molecule has 1 aliphatic heterocycles. The molecule has 118 valence electrons. The molecule has 1 aliphatic rings. The molecule has 2 N–H and O–H groups in total. The number of rotatable bonds is 7. The fraction of sp³-hybridized carbons (Fsp3) is 0.625. The van der Waals surface area contributed by atoms with Gasteiger partial charge in [0.25, 0.3) is 0 Å². The molecule has 1 heterocycles. The Hall–Kier alpha value is -1.30. The van der Waals surface area contributed by atoms with Crippen LogP contribution in [0.15, 0.2) is 18.2 Å². The molecule has 0 aliphatic carbocycles. The van der Waals surface area contributed by atoms with Crippen LogP contribution in [-0.2, 0) is 9.47 Å². The van der Waals surface area contributed by atoms with Crippen LogP contribution in [-0.4, -0.2) is 39.1 Å². The van der Waals surface area contributed by atoms with E-state index in [1.165, 1.54) is 0 Å². The lowest BCUT2D eigenvalue weighted by molar-refractivity contribution is 0.0537. The fourth-order valence-electron chi connectivity index (χ4n) is 2.44. The van der Waals surface area contributed by atoms with Crippen LogP contribution in [0.3, 0.4) is 0 Å². The van der Waals surface area contributed by atoms with E-state index in [0.29, 0.717) is 26.4 Å². The van der Waals surface area contributed by atoms with Crippen molar-refractivity contribution in [2.75, 3.05) is 33.5 Å². The number of hydrogen-bond donors (Lipinski definition) is 1. The monoisotopic (exact) mass is 295 g/mol. The number of fused-ring (bicyclic) bond motifs is 1. The molecule has 5 nitrogen and oxygen atoms in total. The summed E-state index contributed by atoms with van der Waals surface area (Å²) in [5.74, 6) is 1.59. The van der Waals surface area contributed by atoms with Crippen LogP contribution in [0.4, 0.5) is 0 Å². The molecular weight excluding hydrogens is 270 g/mol. The molecule has 0 spiro atoms. The number of methoxy groups -OCH3 is 1. The van der Waals surface area contributed by atoms with Gasteiger partial charge in [0.2, 0.25) is 0 Å². The second-order valence-corrected chi connectivity index (χ2v) is 5.83. The Balaban J connectivity index is 1.89. The van der Waals surface area contributed by atoms with Crippen molar-refractivity contribution in [3.63, 3.8) is 0 Å². The summed E-state index contributed by atoms with van der Waals surface area (Å²) in [5.41, 5.74) is 6.99. The average molecular weight is 295 g/mol. The first-order valence-electron chi connectivity index (χ1n) is 7.30. The van der Waals surface area contributed by atoms with E-state index in [1.807, 2.05) is 32.0 Å². The van der Waals surface area contributed by atoms with Crippen molar-refractivity contribution in [1.82, 2.24) is 0 Å². The minimum absolute atomic E-state index is 0.00942. The molecular formula is C16H25NO4. The zero-order chi connectivity index (χ0) is 15.3. The summed E-state index contributed by atoms with van der Waals surface area (Å²) in [4.78, 5) is 0. The maximum Gasteiger partial charge on any atom is 0.128 e. The van der Waals surface area contributed by atoms with Crippen molar-refractivity contribution in [1.29, 1.82) is 0 Å². The van der Waals surface area contributed by atoms with Crippen molar-refractivity contribution in [3.05, 3.63) is 23.8 Å². The third kappa shape index (κ3) is 4.59. The lowest BCUT2D eigenvalue weighted by Crippen LogP contribution is -2.37. The summed E-state index contributed by atoms with van der Waals surface area (Å²) in [6, 6.07) is 5.83. The molecule has 0 amide bonds. The van der Waals surface area contributed by atoms with Gasteiger partial charge in [-0.25, -0.2) is 0 Å². The van der Waals surface area contributed by atoms with Crippen molar-refractivity contribution < 1.29 is 18.9 Å². The van der Waals surface area contributed by atoms with E-state index < -0.39 is 0 Å². The highest BCUT2D eigenvalue weighted by atomic mass is 16.5. The maximum absolute atomic E-state index is 6.19. The van der Waals surface area contributed by atoms with Crippen molar-refractivity contribution in [2.24, 2.45) is 5.73 Å². The number of hydrogen-bond acceptors (Lipinski definition) is 5. The third-order valence-corrected chi connectivity index (χ3v) is 3.41. The summed E-state index contributed by atoms with van der Waals surface area (Å²) in [7, 11) is 1.65. The van der Waals surface area contributed by atoms with Gasteiger partial charge in [0.15, 0.2) is 0 Å². The summed E-state index contributed by atoms with van der Waals surface area (Å²) in [6.45, 7) is 6.31. The van der Waals surface area contributed by atoms with Crippen LogP contribution in [0.2, 0.25) is 0 Å². The van der Waals surface area contributed by atoms with Crippen LogP contribution < -0.4 is 15.2 Å². The van der Waals surface area contributed by atoms with Gasteiger partial charge in [-0.05, 0) is 19.9 Å². The maximum atomic E-state index is 6.19. The van der Waals surface area contributed by atoms with E-state index >= 15 is 0 Å². The van der Waals surface area contributed by atoms with Crippen LogP contribution >= 0.6 is 0 Å². The number of ether oxygens (including phenoxy) is 4. The molecule has 1 aromatic carbocycles. The molecule has 0 aromatic heterocycles. The molecule has 21 heavy (non-hydrogen) atoms. The molecule has 1 atom stereocenters. The Labute approximate surface area is 126 Å². The zero-order valence-electron chi connectivity index (χ0n) is 13.1. The zero-order valence-corrected chi connectivity index (χ0v) is 13.1. The Kier molecular flexibility index (Phi) is 5.45. The summed E-state index contributed by atoms with van der Waals surface area (Å²) >= 11 is 0. The highest BCUT2D eigenvalue weighted by molar-refractivity contribution is 5.44. The van der Waals surface area contributed by atoms with Crippen LogP contribution in [0.5, 0.6) is 11.5 Å². The molecule has 2 rings (SSSR count). The van der Waals surface area contributed by atoms with Gasteiger partial charge < -0.3 is 24.7 Å². The predicted molar refractivity (Wildman–Crippen MR) is 80.9 cm³/mol. The molecule has 0 radical (unpaired) electrons. The van der Waals surface area contributed by atoms with Gasteiger partial charge in [-0.3, -0.25) is 0 Å². The Morgan fingerprint density at radius 2 is 2.00 bits per heavy atom. The smallest absolute Gasteiger partial charge is 0.128 e. The standard InChI is InChI=1S/C16H25NO4/c1-16(2)11-14(17)13-5-4-12(10-15(13)21-16)20-9-8-19-7-6-18-3/h4-5,10,14H,6-9,11,17H2,1-3H3. The minimum Gasteiger partial charge on any atom is -0.491 e. The van der Waals surface area contributed by atoms with Gasteiger partial charge in [0.05, 0.1) is 19.8 Å². The molecule has 0 bridgehead atoms. The summed E-state index contributed by atoms with van der Waals surface area (Å²) < 4.78 is 21.9. The second kappa shape index (κ2) is 7.11. The van der Waals surface area contributed by atoms with Crippen LogP contribution in [0, 0.1) is 0 Å². The first kappa shape index (κ1) is 16.1. The quantitative estimate of drug-likeness (QED) is 0.782. The van der Waals surface area contributed by atoms with Gasteiger partial charge in [-0.15, -0.1) is 0 Å². The van der Waals surface area contributed by atoms with E-state index in [2.05, 4.69) is 0 Å². The SMILES string of the molecule is COCCOCCOc1ccc2c(c1)OC(C)(C)CC2N. The molecule has 0 saturated heterocycles. The van der Waals surface area contributed by atoms with E-state index in [0.717, 1.165) is 23.5 Å². The predicted octanol–water partition coefficient (Wildman–Crippen LogP) is 2.29. The minimum atomic E-state index is -0.242. The number of nitrogens with two attached hydrogens (primary N) is 1. The summed E-state index contributed by atoms with van der Waals surface area (Å²) in [5, 5.41) is 0. The van der Waals surface area contributed by atoms with E-state index in [9.17, 15) is 0 Å². The third-order valence-electron chi connectivity index (χ3n) is 3.41. The van der Waals surface area contributed by atoms with E-state index in [1.54, 1.807) is 7.11 Å². The van der Waals surface area contributed by atoms with E-state index in [4.69, 9.17) is 24.7 Å². The lowest BCUT2D eigenvalue weighted by atomic mass is 9.90. The molecule has 1 aromatic rings. The Bertz CT molecular complexity index is 462. The molecule has 0 fully saturated rings.